The lowest BCUT2D eigenvalue weighted by molar-refractivity contribution is -0.140. The van der Waals surface area contributed by atoms with Gasteiger partial charge in [-0.15, -0.1) is 0 Å². The fourth-order valence-electron chi connectivity index (χ4n) is 3.12. The third-order valence-corrected chi connectivity index (χ3v) is 5.84. The van der Waals surface area contributed by atoms with Crippen molar-refractivity contribution in [3.05, 3.63) is 69.2 Å². The van der Waals surface area contributed by atoms with Crippen molar-refractivity contribution in [1.82, 2.24) is 10.2 Å². The minimum Gasteiger partial charge on any atom is -0.354 e. The number of benzene rings is 2. The Balaban J connectivity index is 2.17. The Hall–Kier alpha value is -2.04. The van der Waals surface area contributed by atoms with E-state index in [0.717, 1.165) is 18.4 Å². The molecular weight excluding hydrogens is 419 g/mol. The van der Waals surface area contributed by atoms with E-state index >= 15 is 0 Å². The first kappa shape index (κ1) is 24.2. The van der Waals surface area contributed by atoms with Gasteiger partial charge in [-0.2, -0.15) is 0 Å². The van der Waals surface area contributed by atoms with Gasteiger partial charge in [0.15, 0.2) is 0 Å². The molecule has 1 atom stereocenters. The summed E-state index contributed by atoms with van der Waals surface area (Å²) in [5, 5.41) is 3.88. The van der Waals surface area contributed by atoms with Gasteiger partial charge in [0.2, 0.25) is 11.8 Å². The lowest BCUT2D eigenvalue weighted by Gasteiger charge is -2.29. The van der Waals surface area contributed by atoms with Crippen molar-refractivity contribution in [2.24, 2.45) is 0 Å². The molecule has 0 radical (unpaired) electrons. The van der Waals surface area contributed by atoms with Gasteiger partial charge in [0.25, 0.3) is 0 Å². The van der Waals surface area contributed by atoms with Crippen LogP contribution in [0.4, 0.5) is 0 Å². The maximum absolute atomic E-state index is 13.1. The first-order valence-corrected chi connectivity index (χ1v) is 11.1. The summed E-state index contributed by atoms with van der Waals surface area (Å²) >= 11 is 12.7. The van der Waals surface area contributed by atoms with Crippen LogP contribution in [0.5, 0.6) is 0 Å². The molecule has 2 aromatic carbocycles. The Kier molecular flexibility index (Phi) is 9.67. The number of carbonyl (C=O) groups is 2. The van der Waals surface area contributed by atoms with Crippen LogP contribution in [0, 0.1) is 6.92 Å². The molecule has 0 aliphatic heterocycles. The highest BCUT2D eigenvalue weighted by molar-refractivity contribution is 6.36. The van der Waals surface area contributed by atoms with Crippen LogP contribution in [0.25, 0.3) is 0 Å². The summed E-state index contributed by atoms with van der Waals surface area (Å²) in [7, 11) is 0. The number of rotatable bonds is 10. The standard InChI is InChI=1S/C24H30Cl2N2O2/c1-4-5-15-27-24(30)18(3)28(16-20-21(25)7-6-8-22(20)26)23(29)14-13-19-11-9-17(2)10-12-19/h6-12,18H,4-5,13-16H2,1-3H3,(H,27,30). The fourth-order valence-corrected chi connectivity index (χ4v) is 3.64. The molecule has 0 heterocycles. The van der Waals surface area contributed by atoms with Crippen molar-refractivity contribution < 1.29 is 9.59 Å². The lowest BCUT2D eigenvalue weighted by atomic mass is 10.1. The molecule has 0 saturated heterocycles. The fraction of sp³-hybridized carbons (Fsp3) is 0.417. The van der Waals surface area contributed by atoms with E-state index in [1.54, 1.807) is 30.0 Å². The first-order valence-electron chi connectivity index (χ1n) is 10.4. The number of halogens is 2. The quantitative estimate of drug-likeness (QED) is 0.483. The van der Waals surface area contributed by atoms with Gasteiger partial charge >= 0.3 is 0 Å². The molecule has 2 rings (SSSR count). The number of hydrogen-bond donors (Lipinski definition) is 1. The zero-order chi connectivity index (χ0) is 22.1. The smallest absolute Gasteiger partial charge is 0.242 e. The molecule has 30 heavy (non-hydrogen) atoms. The second kappa shape index (κ2) is 12.0. The summed E-state index contributed by atoms with van der Waals surface area (Å²) in [6.07, 6.45) is 2.80. The molecule has 0 aliphatic rings. The van der Waals surface area contributed by atoms with Gasteiger partial charge < -0.3 is 10.2 Å². The van der Waals surface area contributed by atoms with Crippen molar-refractivity contribution in [3.8, 4) is 0 Å². The van der Waals surface area contributed by atoms with Crippen LogP contribution in [0.3, 0.4) is 0 Å². The van der Waals surface area contributed by atoms with Crippen molar-refractivity contribution in [1.29, 1.82) is 0 Å². The molecule has 1 unspecified atom stereocenters. The van der Waals surface area contributed by atoms with Crippen molar-refractivity contribution in [2.45, 2.75) is 59.0 Å². The molecular formula is C24H30Cl2N2O2. The van der Waals surface area contributed by atoms with E-state index in [9.17, 15) is 9.59 Å². The Morgan fingerprint density at radius 2 is 1.70 bits per heavy atom. The van der Waals surface area contributed by atoms with Gasteiger partial charge in [-0.05, 0) is 44.4 Å². The van der Waals surface area contributed by atoms with Gasteiger partial charge in [0.05, 0.1) is 0 Å². The zero-order valence-corrected chi connectivity index (χ0v) is 19.4. The number of nitrogens with zero attached hydrogens (tertiary/aromatic N) is 1. The van der Waals surface area contributed by atoms with Gasteiger partial charge in [-0.3, -0.25) is 9.59 Å². The SMILES string of the molecule is CCCCNC(=O)C(C)N(Cc1c(Cl)cccc1Cl)C(=O)CCc1ccc(C)cc1. The predicted octanol–water partition coefficient (Wildman–Crippen LogP) is 5.57. The second-order valence-corrected chi connectivity index (χ2v) is 8.34. The number of aryl methyl sites for hydroxylation is 2. The lowest BCUT2D eigenvalue weighted by Crippen LogP contribution is -2.48. The van der Waals surface area contributed by atoms with Crippen LogP contribution in [0.1, 0.15) is 49.8 Å². The Labute approximate surface area is 189 Å². The second-order valence-electron chi connectivity index (χ2n) is 7.53. The number of hydrogen-bond acceptors (Lipinski definition) is 2. The largest absolute Gasteiger partial charge is 0.354 e. The van der Waals surface area contributed by atoms with E-state index in [1.165, 1.54) is 5.56 Å². The molecule has 2 amide bonds. The van der Waals surface area contributed by atoms with E-state index < -0.39 is 6.04 Å². The van der Waals surface area contributed by atoms with Gasteiger partial charge in [-0.25, -0.2) is 0 Å². The maximum Gasteiger partial charge on any atom is 0.242 e. The van der Waals surface area contributed by atoms with Crippen LogP contribution in [0.2, 0.25) is 10.0 Å². The van der Waals surface area contributed by atoms with Crippen LogP contribution >= 0.6 is 23.2 Å². The number of nitrogens with one attached hydrogen (secondary N) is 1. The van der Waals surface area contributed by atoms with E-state index in [4.69, 9.17) is 23.2 Å². The minimum absolute atomic E-state index is 0.107. The summed E-state index contributed by atoms with van der Waals surface area (Å²) in [6.45, 7) is 6.63. The van der Waals surface area contributed by atoms with Crippen LogP contribution < -0.4 is 5.32 Å². The van der Waals surface area contributed by atoms with Gasteiger partial charge in [0.1, 0.15) is 6.04 Å². The van der Waals surface area contributed by atoms with Crippen molar-refractivity contribution in [2.75, 3.05) is 6.54 Å². The Morgan fingerprint density at radius 3 is 2.30 bits per heavy atom. The summed E-state index contributed by atoms with van der Waals surface area (Å²) in [5.41, 5.74) is 2.92. The molecule has 0 bridgehead atoms. The monoisotopic (exact) mass is 448 g/mol. The zero-order valence-electron chi connectivity index (χ0n) is 17.9. The van der Waals surface area contributed by atoms with E-state index in [1.807, 2.05) is 31.2 Å². The first-order chi connectivity index (χ1) is 14.3. The molecule has 4 nitrogen and oxygen atoms in total. The number of carbonyl (C=O) groups excluding carboxylic acids is 2. The van der Waals surface area contributed by atoms with Crippen LogP contribution in [0.15, 0.2) is 42.5 Å². The molecule has 2 aromatic rings. The summed E-state index contributed by atoms with van der Waals surface area (Å²) in [4.78, 5) is 27.4. The topological polar surface area (TPSA) is 49.4 Å². The molecule has 162 valence electrons. The molecule has 0 spiro atoms. The molecule has 0 aromatic heterocycles. The number of amides is 2. The number of unbranched alkanes of at least 4 members (excludes halogenated alkanes) is 1. The summed E-state index contributed by atoms with van der Waals surface area (Å²) < 4.78 is 0. The average Bonchev–Trinajstić information content (AvgIpc) is 2.72. The predicted molar refractivity (Wildman–Crippen MR) is 124 cm³/mol. The van der Waals surface area contributed by atoms with Crippen LogP contribution in [-0.2, 0) is 22.6 Å². The molecule has 0 saturated carbocycles. The normalized spacial score (nSPS) is 11.8. The van der Waals surface area contributed by atoms with E-state index in [2.05, 4.69) is 12.2 Å². The summed E-state index contributed by atoms with van der Waals surface area (Å²) in [5.74, 6) is -0.278. The van der Waals surface area contributed by atoms with Crippen LogP contribution in [-0.4, -0.2) is 29.3 Å². The van der Waals surface area contributed by atoms with Gasteiger partial charge in [0, 0.05) is 35.1 Å². The molecule has 6 heteroatoms. The van der Waals surface area contributed by atoms with E-state index in [0.29, 0.717) is 35.0 Å². The molecule has 1 N–H and O–H groups in total. The van der Waals surface area contributed by atoms with Gasteiger partial charge in [-0.1, -0.05) is 72.4 Å². The minimum atomic E-state index is -0.625. The highest BCUT2D eigenvalue weighted by Gasteiger charge is 2.27. The maximum atomic E-state index is 13.1. The third-order valence-electron chi connectivity index (χ3n) is 5.14. The van der Waals surface area contributed by atoms with Crippen molar-refractivity contribution >= 4 is 35.0 Å². The van der Waals surface area contributed by atoms with Crippen molar-refractivity contribution in [3.63, 3.8) is 0 Å². The highest BCUT2D eigenvalue weighted by atomic mass is 35.5. The molecule has 0 aliphatic carbocycles. The average molecular weight is 449 g/mol. The van der Waals surface area contributed by atoms with E-state index in [-0.39, 0.29) is 18.4 Å². The Bertz CT molecular complexity index is 833. The Morgan fingerprint density at radius 1 is 1.07 bits per heavy atom. The third kappa shape index (κ3) is 7.03. The summed E-state index contributed by atoms with van der Waals surface area (Å²) in [6, 6.07) is 12.7. The molecule has 0 fully saturated rings. The highest BCUT2D eigenvalue weighted by Crippen LogP contribution is 2.27.